The van der Waals surface area contributed by atoms with Gasteiger partial charge in [-0.15, -0.1) is 0 Å². The molecule has 3 rings (SSSR count). The highest BCUT2D eigenvalue weighted by Crippen LogP contribution is 2.24. The summed E-state index contributed by atoms with van der Waals surface area (Å²) < 4.78 is 41.7. The number of carbonyl (C=O) groups excluding carboxylic acids is 2. The molecule has 25 heavy (non-hydrogen) atoms. The second-order valence-electron chi connectivity index (χ2n) is 5.69. The minimum absolute atomic E-state index is 0.0385. The zero-order valence-electron chi connectivity index (χ0n) is 13.0. The predicted octanol–water partition coefficient (Wildman–Crippen LogP) is 1.28. The lowest BCUT2D eigenvalue weighted by Crippen LogP contribution is -2.44. The van der Waals surface area contributed by atoms with E-state index in [9.17, 15) is 22.4 Å². The molecule has 0 aliphatic carbocycles. The zero-order chi connectivity index (χ0) is 18.0. The summed E-state index contributed by atoms with van der Waals surface area (Å²) in [5.41, 5.74) is 4.56. The quantitative estimate of drug-likeness (QED) is 0.796. The van der Waals surface area contributed by atoms with Crippen LogP contribution in [-0.2, 0) is 14.6 Å². The van der Waals surface area contributed by atoms with Gasteiger partial charge in [0.1, 0.15) is 11.6 Å². The minimum Gasteiger partial charge on any atom is -0.451 e. The van der Waals surface area contributed by atoms with E-state index in [2.05, 4.69) is 10.9 Å². The van der Waals surface area contributed by atoms with Crippen molar-refractivity contribution in [1.29, 1.82) is 0 Å². The van der Waals surface area contributed by atoms with Crippen molar-refractivity contribution in [3.05, 3.63) is 48.0 Å². The summed E-state index contributed by atoms with van der Waals surface area (Å²) in [5.74, 6) is -2.67. The number of benzene rings is 1. The number of hydrogen-bond donors (Lipinski definition) is 2. The van der Waals surface area contributed by atoms with Crippen LogP contribution in [0.15, 0.2) is 40.8 Å². The average molecular weight is 366 g/mol. The highest BCUT2D eigenvalue weighted by atomic mass is 32.2. The third kappa shape index (κ3) is 3.87. The van der Waals surface area contributed by atoms with E-state index in [4.69, 9.17) is 4.42 Å². The van der Waals surface area contributed by atoms with Gasteiger partial charge in [0.15, 0.2) is 15.6 Å². The van der Waals surface area contributed by atoms with Gasteiger partial charge < -0.3 is 4.42 Å². The molecule has 1 aliphatic rings. The first-order valence-electron chi connectivity index (χ1n) is 7.51. The summed E-state index contributed by atoms with van der Waals surface area (Å²) >= 11 is 0. The highest BCUT2D eigenvalue weighted by molar-refractivity contribution is 7.91. The van der Waals surface area contributed by atoms with Gasteiger partial charge in [0.25, 0.3) is 0 Å². The van der Waals surface area contributed by atoms with Crippen LogP contribution in [0, 0.1) is 11.7 Å². The molecule has 1 aliphatic heterocycles. The zero-order valence-corrected chi connectivity index (χ0v) is 13.8. The third-order valence-corrected chi connectivity index (χ3v) is 5.64. The number of amides is 2. The van der Waals surface area contributed by atoms with Gasteiger partial charge in [-0.1, -0.05) is 12.1 Å². The first-order chi connectivity index (χ1) is 11.9. The smallest absolute Gasteiger partial charge is 0.305 e. The van der Waals surface area contributed by atoms with Crippen molar-refractivity contribution in [2.24, 2.45) is 5.92 Å². The van der Waals surface area contributed by atoms with Crippen LogP contribution in [0.4, 0.5) is 4.39 Å². The number of furan rings is 1. The van der Waals surface area contributed by atoms with Crippen LogP contribution in [0.3, 0.4) is 0 Å². The highest BCUT2D eigenvalue weighted by Gasteiger charge is 2.33. The molecular formula is C16H15FN2O5S. The van der Waals surface area contributed by atoms with Crippen LogP contribution in [0.25, 0.3) is 11.3 Å². The Morgan fingerprint density at radius 3 is 2.56 bits per heavy atom. The van der Waals surface area contributed by atoms with Crippen LogP contribution in [0.5, 0.6) is 0 Å². The number of carbonyl (C=O) groups is 2. The molecule has 132 valence electrons. The molecule has 0 bridgehead atoms. The average Bonchev–Trinajstić information content (AvgIpc) is 3.19. The molecule has 0 spiro atoms. The Morgan fingerprint density at radius 1 is 1.12 bits per heavy atom. The normalized spacial score (nSPS) is 18.7. The van der Waals surface area contributed by atoms with E-state index >= 15 is 0 Å². The molecular weight excluding hydrogens is 351 g/mol. The molecule has 2 aromatic rings. The summed E-state index contributed by atoms with van der Waals surface area (Å²) in [7, 11) is -3.19. The molecule has 1 atom stereocenters. The lowest BCUT2D eigenvalue weighted by atomic mass is 10.1. The Kier molecular flexibility index (Phi) is 4.58. The lowest BCUT2D eigenvalue weighted by Gasteiger charge is -2.09. The van der Waals surface area contributed by atoms with Gasteiger partial charge in [0, 0.05) is 0 Å². The Balaban J connectivity index is 1.61. The van der Waals surface area contributed by atoms with Crippen LogP contribution in [-0.4, -0.2) is 31.7 Å². The molecule has 0 radical (unpaired) electrons. The summed E-state index contributed by atoms with van der Waals surface area (Å²) in [4.78, 5) is 23.9. The summed E-state index contributed by atoms with van der Waals surface area (Å²) in [6, 6.07) is 8.75. The fourth-order valence-electron chi connectivity index (χ4n) is 2.55. The van der Waals surface area contributed by atoms with Gasteiger partial charge in [-0.3, -0.25) is 20.4 Å². The van der Waals surface area contributed by atoms with Crippen LogP contribution < -0.4 is 10.9 Å². The van der Waals surface area contributed by atoms with Crippen LogP contribution >= 0.6 is 0 Å². The number of sulfone groups is 1. The Morgan fingerprint density at radius 2 is 1.88 bits per heavy atom. The van der Waals surface area contributed by atoms with Gasteiger partial charge in [0.2, 0.25) is 5.91 Å². The van der Waals surface area contributed by atoms with Crippen LogP contribution in [0.1, 0.15) is 17.0 Å². The fourth-order valence-corrected chi connectivity index (χ4v) is 4.29. The molecule has 2 amide bonds. The molecule has 2 N–H and O–H groups in total. The lowest BCUT2D eigenvalue weighted by molar-refractivity contribution is -0.125. The first-order valence-corrected chi connectivity index (χ1v) is 9.33. The number of hydrogen-bond acceptors (Lipinski definition) is 5. The molecule has 1 fully saturated rings. The van der Waals surface area contributed by atoms with E-state index in [0.717, 1.165) is 0 Å². The molecule has 0 saturated carbocycles. The molecule has 0 unspecified atom stereocenters. The van der Waals surface area contributed by atoms with E-state index < -0.39 is 33.4 Å². The van der Waals surface area contributed by atoms with Crippen molar-refractivity contribution >= 4 is 21.7 Å². The molecule has 7 nitrogen and oxygen atoms in total. The van der Waals surface area contributed by atoms with Crippen LogP contribution in [0.2, 0.25) is 0 Å². The summed E-state index contributed by atoms with van der Waals surface area (Å²) in [6.45, 7) is 0. The fraction of sp³-hybridized carbons (Fsp3) is 0.250. The van der Waals surface area contributed by atoms with E-state index in [0.29, 0.717) is 0 Å². The van der Waals surface area contributed by atoms with E-state index in [1.54, 1.807) is 6.07 Å². The second kappa shape index (κ2) is 6.67. The maximum atomic E-state index is 13.7. The van der Waals surface area contributed by atoms with Crippen molar-refractivity contribution in [1.82, 2.24) is 10.9 Å². The third-order valence-electron chi connectivity index (χ3n) is 3.87. The Labute approximate surface area is 143 Å². The van der Waals surface area contributed by atoms with E-state index in [-0.39, 0.29) is 35.0 Å². The second-order valence-corrected chi connectivity index (χ2v) is 7.92. The molecule has 2 heterocycles. The molecule has 9 heteroatoms. The Hall–Kier alpha value is -2.68. The van der Waals surface area contributed by atoms with Gasteiger partial charge >= 0.3 is 5.91 Å². The minimum atomic E-state index is -3.19. The number of halogens is 1. The van der Waals surface area contributed by atoms with E-state index in [1.807, 2.05) is 0 Å². The van der Waals surface area contributed by atoms with Gasteiger partial charge in [-0.2, -0.15) is 0 Å². The topological polar surface area (TPSA) is 105 Å². The van der Waals surface area contributed by atoms with Crippen molar-refractivity contribution in [2.45, 2.75) is 6.42 Å². The van der Waals surface area contributed by atoms with Crippen molar-refractivity contribution in [3.8, 4) is 11.3 Å². The first kappa shape index (κ1) is 17.2. The largest absolute Gasteiger partial charge is 0.451 e. The van der Waals surface area contributed by atoms with Crippen molar-refractivity contribution < 1.29 is 26.8 Å². The number of nitrogens with one attached hydrogen (secondary N) is 2. The van der Waals surface area contributed by atoms with Crippen molar-refractivity contribution in [3.63, 3.8) is 0 Å². The standard InChI is InChI=1S/C16H15FN2O5S/c17-12-4-2-1-3-11(12)13-5-6-14(24-13)16(21)19-18-15(20)10-7-8-25(22,23)9-10/h1-6,10H,7-9H2,(H,18,20)(H,19,21)/t10-/m0/s1. The SMILES string of the molecule is O=C(NNC(=O)[C@H]1CCS(=O)(=O)C1)c1ccc(-c2ccccc2F)o1. The molecule has 1 aromatic carbocycles. The molecule has 1 saturated heterocycles. The molecule has 1 aromatic heterocycles. The van der Waals surface area contributed by atoms with Gasteiger partial charge in [-0.25, -0.2) is 12.8 Å². The Bertz CT molecular complexity index is 922. The van der Waals surface area contributed by atoms with Gasteiger partial charge in [-0.05, 0) is 30.7 Å². The maximum absolute atomic E-state index is 13.7. The maximum Gasteiger partial charge on any atom is 0.305 e. The monoisotopic (exact) mass is 366 g/mol. The van der Waals surface area contributed by atoms with E-state index in [1.165, 1.54) is 30.3 Å². The number of hydrazine groups is 1. The van der Waals surface area contributed by atoms with Gasteiger partial charge in [0.05, 0.1) is 23.0 Å². The number of rotatable bonds is 3. The summed E-state index contributed by atoms with van der Waals surface area (Å²) in [6.07, 6.45) is 0.224. The van der Waals surface area contributed by atoms with Crippen molar-refractivity contribution in [2.75, 3.05) is 11.5 Å². The summed E-state index contributed by atoms with van der Waals surface area (Å²) in [5, 5.41) is 0. The predicted molar refractivity (Wildman–Crippen MR) is 86.5 cm³/mol.